The number of carbonyl (C=O) groups excluding carboxylic acids is 3. The molecule has 3 aromatic rings. The molecule has 35 heavy (non-hydrogen) atoms. The third kappa shape index (κ3) is 4.81. The lowest BCUT2D eigenvalue weighted by molar-refractivity contribution is -0.127. The standard InChI is InChI=1S/C23H20N4O8/c1-12(21(28)25-23(30)24-14-3-5-17-20(9-14)32-7-6-31-17)35-22(29)16-10-15(26-27-16)13-2-4-18-19(8-13)34-11-33-18/h2-5,8-10,12H,6-7,11H2,1H3,(H,26,27)(H2,24,25,28,30). The van der Waals surface area contributed by atoms with Gasteiger partial charge >= 0.3 is 12.0 Å². The Morgan fingerprint density at radius 1 is 0.943 bits per heavy atom. The lowest BCUT2D eigenvalue weighted by atomic mass is 10.1. The number of aromatic nitrogens is 2. The smallest absolute Gasteiger partial charge is 0.357 e. The minimum atomic E-state index is -1.24. The van der Waals surface area contributed by atoms with Crippen molar-refractivity contribution in [1.82, 2.24) is 15.5 Å². The molecule has 1 unspecified atom stereocenters. The van der Waals surface area contributed by atoms with Crippen LogP contribution in [0.2, 0.25) is 0 Å². The summed E-state index contributed by atoms with van der Waals surface area (Å²) >= 11 is 0. The van der Waals surface area contributed by atoms with Crippen LogP contribution in [0.3, 0.4) is 0 Å². The molecule has 5 rings (SSSR count). The largest absolute Gasteiger partial charge is 0.486 e. The number of hydrogen-bond acceptors (Lipinski definition) is 9. The Kier molecular flexibility index (Phi) is 5.83. The normalized spacial score (nSPS) is 14.1. The minimum Gasteiger partial charge on any atom is -0.486 e. The first-order valence-corrected chi connectivity index (χ1v) is 10.6. The van der Waals surface area contributed by atoms with Gasteiger partial charge in [0.2, 0.25) is 6.79 Å². The van der Waals surface area contributed by atoms with Crippen molar-refractivity contribution in [2.24, 2.45) is 0 Å². The molecule has 0 fully saturated rings. The third-order valence-electron chi connectivity index (χ3n) is 5.16. The highest BCUT2D eigenvalue weighted by Gasteiger charge is 2.23. The first-order valence-electron chi connectivity index (χ1n) is 10.6. The van der Waals surface area contributed by atoms with Crippen molar-refractivity contribution >= 4 is 23.6 Å². The van der Waals surface area contributed by atoms with E-state index in [0.29, 0.717) is 53.2 Å². The summed E-state index contributed by atoms with van der Waals surface area (Å²) in [5, 5.41) is 11.3. The Labute approximate surface area is 198 Å². The predicted octanol–water partition coefficient (Wildman–Crippen LogP) is 2.47. The summed E-state index contributed by atoms with van der Waals surface area (Å²) in [7, 11) is 0. The molecule has 3 heterocycles. The van der Waals surface area contributed by atoms with E-state index in [1.54, 1.807) is 36.4 Å². The predicted molar refractivity (Wildman–Crippen MR) is 120 cm³/mol. The van der Waals surface area contributed by atoms with E-state index in [1.165, 1.54) is 13.0 Å². The van der Waals surface area contributed by atoms with Crippen LogP contribution in [0.5, 0.6) is 23.0 Å². The van der Waals surface area contributed by atoms with Gasteiger partial charge in [0.25, 0.3) is 5.91 Å². The number of hydrogen-bond donors (Lipinski definition) is 3. The van der Waals surface area contributed by atoms with Crippen LogP contribution >= 0.6 is 0 Å². The Hall–Kier alpha value is -4.74. The number of anilines is 1. The maximum absolute atomic E-state index is 12.5. The lowest BCUT2D eigenvalue weighted by Gasteiger charge is -2.19. The van der Waals surface area contributed by atoms with Crippen LogP contribution in [0, 0.1) is 0 Å². The van der Waals surface area contributed by atoms with Crippen LogP contribution in [0.1, 0.15) is 17.4 Å². The first-order chi connectivity index (χ1) is 17.0. The molecule has 0 spiro atoms. The molecular weight excluding hydrogens is 460 g/mol. The Bertz CT molecular complexity index is 1300. The zero-order valence-corrected chi connectivity index (χ0v) is 18.5. The summed E-state index contributed by atoms with van der Waals surface area (Å²) in [5.74, 6) is 0.654. The zero-order valence-electron chi connectivity index (χ0n) is 18.5. The topological polar surface area (TPSA) is 150 Å². The Morgan fingerprint density at radius 3 is 2.51 bits per heavy atom. The van der Waals surface area contributed by atoms with Crippen molar-refractivity contribution < 1.29 is 38.1 Å². The number of nitrogens with zero attached hydrogens (tertiary/aromatic N) is 1. The second-order valence-corrected chi connectivity index (χ2v) is 7.58. The molecule has 0 saturated carbocycles. The van der Waals surface area contributed by atoms with Crippen molar-refractivity contribution in [1.29, 1.82) is 0 Å². The van der Waals surface area contributed by atoms with Crippen molar-refractivity contribution in [2.45, 2.75) is 13.0 Å². The molecule has 3 N–H and O–H groups in total. The average Bonchev–Trinajstić information content (AvgIpc) is 3.53. The third-order valence-corrected chi connectivity index (χ3v) is 5.16. The molecule has 2 aliphatic rings. The number of rotatable bonds is 5. The van der Waals surface area contributed by atoms with Gasteiger partial charge < -0.3 is 29.0 Å². The molecule has 1 atom stereocenters. The average molecular weight is 480 g/mol. The number of ether oxygens (including phenoxy) is 5. The van der Waals surface area contributed by atoms with Crippen molar-refractivity contribution in [3.8, 4) is 34.3 Å². The van der Waals surface area contributed by atoms with Crippen molar-refractivity contribution in [3.05, 3.63) is 48.2 Å². The van der Waals surface area contributed by atoms with E-state index in [1.807, 2.05) is 0 Å². The molecule has 0 radical (unpaired) electrons. The highest BCUT2D eigenvalue weighted by molar-refractivity contribution is 6.03. The number of nitrogens with one attached hydrogen (secondary N) is 3. The fraction of sp³-hybridized carbons (Fsp3) is 0.217. The SMILES string of the molecule is CC(OC(=O)c1cc(-c2ccc3c(c2)OCO3)n[nH]1)C(=O)NC(=O)Nc1ccc2c(c1)OCCO2. The molecule has 1 aromatic heterocycles. The number of aromatic amines is 1. The van der Waals surface area contributed by atoms with Crippen LogP contribution in [-0.4, -0.2) is 54.2 Å². The molecule has 0 saturated heterocycles. The summed E-state index contributed by atoms with van der Waals surface area (Å²) < 4.78 is 26.7. The minimum absolute atomic E-state index is 0.0399. The molecule has 2 aliphatic heterocycles. The van der Waals surface area contributed by atoms with Gasteiger partial charge in [-0.1, -0.05) is 0 Å². The van der Waals surface area contributed by atoms with E-state index in [0.717, 1.165) is 0 Å². The molecule has 2 aromatic carbocycles. The van der Waals surface area contributed by atoms with E-state index < -0.39 is 24.0 Å². The number of carbonyl (C=O) groups is 3. The van der Waals surface area contributed by atoms with E-state index in [2.05, 4.69) is 20.8 Å². The van der Waals surface area contributed by atoms with E-state index in [-0.39, 0.29) is 12.5 Å². The maximum atomic E-state index is 12.5. The van der Waals surface area contributed by atoms with E-state index >= 15 is 0 Å². The molecule has 180 valence electrons. The fourth-order valence-electron chi connectivity index (χ4n) is 3.40. The summed E-state index contributed by atoms with van der Waals surface area (Å²) in [4.78, 5) is 37.0. The molecule has 3 amide bonds. The first kappa shape index (κ1) is 22.1. The van der Waals surface area contributed by atoms with Crippen LogP contribution in [-0.2, 0) is 9.53 Å². The lowest BCUT2D eigenvalue weighted by Crippen LogP contribution is -2.41. The summed E-state index contributed by atoms with van der Waals surface area (Å²) in [6.45, 7) is 2.34. The molecular formula is C23H20N4O8. The Morgan fingerprint density at radius 2 is 1.66 bits per heavy atom. The van der Waals surface area contributed by atoms with Crippen LogP contribution in [0.4, 0.5) is 10.5 Å². The van der Waals surface area contributed by atoms with Gasteiger partial charge in [-0.25, -0.2) is 9.59 Å². The number of fused-ring (bicyclic) bond motifs is 2. The number of benzene rings is 2. The molecule has 12 nitrogen and oxygen atoms in total. The van der Waals surface area contributed by atoms with Gasteiger partial charge in [-0.15, -0.1) is 0 Å². The van der Waals surface area contributed by atoms with Gasteiger partial charge in [0, 0.05) is 17.3 Å². The monoisotopic (exact) mass is 480 g/mol. The van der Waals surface area contributed by atoms with Gasteiger partial charge in [-0.2, -0.15) is 5.10 Å². The molecule has 12 heteroatoms. The second kappa shape index (κ2) is 9.25. The summed E-state index contributed by atoms with van der Waals surface area (Å²) in [5.41, 5.74) is 1.62. The maximum Gasteiger partial charge on any atom is 0.357 e. The quantitative estimate of drug-likeness (QED) is 0.468. The van der Waals surface area contributed by atoms with E-state index in [9.17, 15) is 14.4 Å². The zero-order chi connectivity index (χ0) is 24.4. The van der Waals surface area contributed by atoms with Crippen LogP contribution in [0.15, 0.2) is 42.5 Å². The number of imide groups is 1. The fourth-order valence-corrected chi connectivity index (χ4v) is 3.40. The molecule has 0 aliphatic carbocycles. The van der Waals surface area contributed by atoms with Crippen LogP contribution < -0.4 is 29.6 Å². The highest BCUT2D eigenvalue weighted by Crippen LogP contribution is 2.35. The highest BCUT2D eigenvalue weighted by atomic mass is 16.7. The van der Waals surface area contributed by atoms with E-state index in [4.69, 9.17) is 23.7 Å². The van der Waals surface area contributed by atoms with Crippen molar-refractivity contribution in [2.75, 3.05) is 25.3 Å². The number of urea groups is 1. The molecule has 0 bridgehead atoms. The number of H-pyrrole nitrogens is 1. The van der Waals surface area contributed by atoms with Crippen LogP contribution in [0.25, 0.3) is 11.3 Å². The summed E-state index contributed by atoms with van der Waals surface area (Å²) in [6.07, 6.45) is -1.24. The van der Waals surface area contributed by atoms with Crippen molar-refractivity contribution in [3.63, 3.8) is 0 Å². The van der Waals surface area contributed by atoms with Gasteiger partial charge in [-0.05, 0) is 43.3 Å². The Balaban J connectivity index is 1.15. The van der Waals surface area contributed by atoms with Gasteiger partial charge in [0.15, 0.2) is 29.1 Å². The van der Waals surface area contributed by atoms with Gasteiger partial charge in [0.1, 0.15) is 18.9 Å². The second-order valence-electron chi connectivity index (χ2n) is 7.58. The number of esters is 1. The van der Waals surface area contributed by atoms with Gasteiger partial charge in [0.05, 0.1) is 5.69 Å². The number of amides is 3. The van der Waals surface area contributed by atoms with Gasteiger partial charge in [-0.3, -0.25) is 15.2 Å². The summed E-state index contributed by atoms with van der Waals surface area (Å²) in [6, 6.07) is 10.8.